The van der Waals surface area contributed by atoms with Gasteiger partial charge in [0.05, 0.1) is 10.3 Å². The highest BCUT2D eigenvalue weighted by Gasteiger charge is 2.45. The molecule has 2 heterocycles. The molecule has 0 aromatic carbocycles. The summed E-state index contributed by atoms with van der Waals surface area (Å²) in [6.45, 7) is 2.30. The summed E-state index contributed by atoms with van der Waals surface area (Å²) in [6, 6.07) is 3.05. The van der Waals surface area contributed by atoms with Crippen LogP contribution in [0, 0.1) is 26.9 Å². The number of aliphatic carboxylic acids is 1. The maximum Gasteiger partial charge on any atom is 0.329 e. The zero-order valence-electron chi connectivity index (χ0n) is 11.4. The Kier molecular flexibility index (Phi) is 3.76. The fraction of sp³-hybridized carbons (Fsp3) is 0.462. The van der Waals surface area contributed by atoms with Gasteiger partial charge < -0.3 is 10.0 Å². The molecule has 2 rings (SSSR count). The topological polar surface area (TPSA) is 120 Å². The number of nitriles is 1. The molecule has 0 spiro atoms. The van der Waals surface area contributed by atoms with Crippen molar-refractivity contribution in [3.8, 4) is 6.07 Å². The largest absolute Gasteiger partial charge is 0.481 e. The molecule has 0 bridgehead atoms. The Hall–Kier alpha value is -2.69. The molecule has 1 aromatic rings. The lowest BCUT2D eigenvalue weighted by atomic mass is 9.84. The molecule has 1 aliphatic heterocycles. The normalized spacial score (nSPS) is 21.0. The first-order valence-corrected chi connectivity index (χ1v) is 6.47. The van der Waals surface area contributed by atoms with Crippen LogP contribution in [0.4, 0.5) is 11.5 Å². The van der Waals surface area contributed by atoms with E-state index in [0.717, 1.165) is 0 Å². The lowest BCUT2D eigenvalue weighted by Crippen LogP contribution is -2.34. The van der Waals surface area contributed by atoms with Crippen molar-refractivity contribution in [1.29, 1.82) is 5.26 Å². The minimum Gasteiger partial charge on any atom is -0.481 e. The smallest absolute Gasteiger partial charge is 0.329 e. The Morgan fingerprint density at radius 1 is 1.71 bits per heavy atom. The third-order valence-corrected chi connectivity index (χ3v) is 3.99. The molecule has 1 aromatic heterocycles. The van der Waals surface area contributed by atoms with E-state index in [1.165, 1.54) is 12.3 Å². The van der Waals surface area contributed by atoms with E-state index in [9.17, 15) is 20.0 Å². The minimum absolute atomic E-state index is 0.0654. The van der Waals surface area contributed by atoms with E-state index in [2.05, 4.69) is 4.98 Å². The monoisotopic (exact) mass is 290 g/mol. The Bertz CT molecular complexity index is 640. The number of anilines is 1. The number of hydrogen-bond donors (Lipinski definition) is 1. The molecule has 1 atom stereocenters. The molecule has 1 fully saturated rings. The van der Waals surface area contributed by atoms with Crippen molar-refractivity contribution in [2.24, 2.45) is 5.41 Å². The number of carbonyl (C=O) groups is 1. The maximum absolute atomic E-state index is 11.4. The van der Waals surface area contributed by atoms with Crippen LogP contribution in [0.15, 0.2) is 12.3 Å². The van der Waals surface area contributed by atoms with Gasteiger partial charge in [-0.3, -0.25) is 14.9 Å². The average molecular weight is 290 g/mol. The van der Waals surface area contributed by atoms with Crippen LogP contribution in [0.1, 0.15) is 25.3 Å². The van der Waals surface area contributed by atoms with Gasteiger partial charge in [-0.1, -0.05) is 6.92 Å². The van der Waals surface area contributed by atoms with Gasteiger partial charge in [-0.25, -0.2) is 4.98 Å². The van der Waals surface area contributed by atoms with Crippen LogP contribution in [-0.2, 0) is 4.79 Å². The van der Waals surface area contributed by atoms with Gasteiger partial charge in [0, 0.05) is 19.3 Å². The van der Waals surface area contributed by atoms with Gasteiger partial charge in [-0.15, -0.1) is 0 Å². The second-order valence-electron chi connectivity index (χ2n) is 5.01. The maximum atomic E-state index is 11.4. The first kappa shape index (κ1) is 14.7. The highest BCUT2D eigenvalue weighted by atomic mass is 16.6. The molecule has 1 aliphatic rings. The van der Waals surface area contributed by atoms with E-state index in [4.69, 9.17) is 5.26 Å². The number of aromatic nitrogens is 1. The van der Waals surface area contributed by atoms with Crippen molar-refractivity contribution >= 4 is 17.5 Å². The zero-order chi connectivity index (χ0) is 15.6. The van der Waals surface area contributed by atoms with Gasteiger partial charge in [0.2, 0.25) is 5.82 Å². The van der Waals surface area contributed by atoms with Crippen LogP contribution in [-0.4, -0.2) is 34.1 Å². The van der Waals surface area contributed by atoms with Crippen molar-refractivity contribution in [2.45, 2.75) is 19.8 Å². The number of nitrogens with zero attached hydrogens (tertiary/aromatic N) is 4. The van der Waals surface area contributed by atoms with E-state index in [1.54, 1.807) is 17.9 Å². The summed E-state index contributed by atoms with van der Waals surface area (Å²) >= 11 is 0. The molecule has 0 aliphatic carbocycles. The first-order valence-electron chi connectivity index (χ1n) is 6.47. The highest BCUT2D eigenvalue weighted by Crippen LogP contribution is 2.39. The second-order valence-corrected chi connectivity index (χ2v) is 5.01. The Balaban J connectivity index is 2.44. The van der Waals surface area contributed by atoms with Gasteiger partial charge in [0.25, 0.3) is 0 Å². The minimum atomic E-state index is -0.918. The third kappa shape index (κ3) is 2.38. The number of carboxylic acid groups (broad SMARTS) is 1. The molecule has 1 saturated heterocycles. The molecular formula is C13H14N4O4. The quantitative estimate of drug-likeness (QED) is 0.659. The fourth-order valence-electron chi connectivity index (χ4n) is 2.61. The summed E-state index contributed by atoms with van der Waals surface area (Å²) in [5.41, 5.74) is -1.36. The summed E-state index contributed by atoms with van der Waals surface area (Å²) in [7, 11) is 0. The van der Waals surface area contributed by atoms with Gasteiger partial charge in [-0.2, -0.15) is 5.26 Å². The van der Waals surface area contributed by atoms with E-state index >= 15 is 0 Å². The molecule has 0 amide bonds. The highest BCUT2D eigenvalue weighted by molar-refractivity contribution is 5.77. The van der Waals surface area contributed by atoms with Crippen LogP contribution in [0.25, 0.3) is 0 Å². The summed E-state index contributed by atoms with van der Waals surface area (Å²) in [5, 5.41) is 29.5. The number of nitro groups is 1. The van der Waals surface area contributed by atoms with Crippen LogP contribution in [0.3, 0.4) is 0 Å². The first-order chi connectivity index (χ1) is 9.95. The fourth-order valence-corrected chi connectivity index (χ4v) is 2.61. The summed E-state index contributed by atoms with van der Waals surface area (Å²) in [6.07, 6.45) is 2.16. The van der Waals surface area contributed by atoms with Gasteiger partial charge in [-0.05, 0) is 18.9 Å². The predicted octanol–water partition coefficient (Wildman–Crippen LogP) is 1.55. The van der Waals surface area contributed by atoms with E-state index in [0.29, 0.717) is 19.4 Å². The van der Waals surface area contributed by atoms with E-state index in [1.807, 2.05) is 0 Å². The van der Waals surface area contributed by atoms with E-state index < -0.39 is 16.3 Å². The Morgan fingerprint density at radius 2 is 2.43 bits per heavy atom. The Labute approximate surface area is 120 Å². The zero-order valence-corrected chi connectivity index (χ0v) is 11.4. The molecule has 8 heteroatoms. The van der Waals surface area contributed by atoms with Gasteiger partial charge in [0.15, 0.2) is 0 Å². The molecule has 0 radical (unpaired) electrons. The number of rotatable bonds is 4. The van der Waals surface area contributed by atoms with Crippen LogP contribution < -0.4 is 4.90 Å². The predicted molar refractivity (Wildman–Crippen MR) is 72.8 cm³/mol. The summed E-state index contributed by atoms with van der Waals surface area (Å²) in [4.78, 5) is 27.6. The lowest BCUT2D eigenvalue weighted by Gasteiger charge is -2.23. The molecule has 8 nitrogen and oxygen atoms in total. The Morgan fingerprint density at radius 3 is 2.90 bits per heavy atom. The second kappa shape index (κ2) is 5.36. The van der Waals surface area contributed by atoms with Crippen molar-refractivity contribution in [3.63, 3.8) is 0 Å². The number of hydrogen-bond acceptors (Lipinski definition) is 6. The van der Waals surface area contributed by atoms with Crippen LogP contribution in [0.5, 0.6) is 0 Å². The SMILES string of the molecule is CCC1(C(=O)O)CCN(c2nccc(C#N)c2[N+](=O)[O-])C1. The molecule has 0 saturated carbocycles. The summed E-state index contributed by atoms with van der Waals surface area (Å²) in [5.74, 6) is -0.845. The van der Waals surface area contributed by atoms with Crippen molar-refractivity contribution in [3.05, 3.63) is 27.9 Å². The molecule has 21 heavy (non-hydrogen) atoms. The molecule has 1 unspecified atom stereocenters. The van der Waals surface area contributed by atoms with Crippen molar-refractivity contribution in [2.75, 3.05) is 18.0 Å². The molecular weight excluding hydrogens is 276 g/mol. The van der Waals surface area contributed by atoms with Crippen molar-refractivity contribution < 1.29 is 14.8 Å². The van der Waals surface area contributed by atoms with Gasteiger partial charge >= 0.3 is 11.7 Å². The summed E-state index contributed by atoms with van der Waals surface area (Å²) < 4.78 is 0. The van der Waals surface area contributed by atoms with Crippen LogP contribution >= 0.6 is 0 Å². The standard InChI is InChI=1S/C13H14N4O4/c1-2-13(12(18)19)4-6-16(8-13)11-10(17(20)21)9(7-14)3-5-15-11/h3,5H,2,4,6,8H2,1H3,(H,18,19). The average Bonchev–Trinajstić information content (AvgIpc) is 2.92. The number of pyridine rings is 1. The van der Waals surface area contributed by atoms with E-state index in [-0.39, 0.29) is 23.6 Å². The number of carboxylic acids is 1. The van der Waals surface area contributed by atoms with Crippen LogP contribution in [0.2, 0.25) is 0 Å². The third-order valence-electron chi connectivity index (χ3n) is 3.99. The van der Waals surface area contributed by atoms with Gasteiger partial charge in [0.1, 0.15) is 11.6 Å². The molecule has 1 N–H and O–H groups in total. The van der Waals surface area contributed by atoms with Crippen molar-refractivity contribution in [1.82, 2.24) is 4.98 Å². The molecule has 110 valence electrons. The lowest BCUT2D eigenvalue weighted by molar-refractivity contribution is -0.384.